The van der Waals surface area contributed by atoms with Crippen molar-refractivity contribution >= 4 is 21.5 Å². The highest BCUT2D eigenvalue weighted by Gasteiger charge is 2.03. The maximum absolute atomic E-state index is 5.63. The van der Waals surface area contributed by atoms with Crippen LogP contribution in [-0.2, 0) is 0 Å². The summed E-state index contributed by atoms with van der Waals surface area (Å²) in [6.45, 7) is 0. The minimum absolute atomic E-state index is 0.404. The van der Waals surface area contributed by atoms with E-state index in [1.54, 1.807) is 6.07 Å². The Hall–Kier alpha value is -3.01. The Kier molecular flexibility index (Phi) is 2.71. The van der Waals surface area contributed by atoms with Gasteiger partial charge in [0, 0.05) is 12.1 Å². The van der Waals surface area contributed by atoms with Crippen LogP contribution < -0.4 is 4.74 Å². The second kappa shape index (κ2) is 4.83. The van der Waals surface area contributed by atoms with Crippen LogP contribution in [0.2, 0.25) is 0 Å². The molecule has 0 aliphatic rings. The highest BCUT2D eigenvalue weighted by Crippen LogP contribution is 2.27. The third-order valence-corrected chi connectivity index (χ3v) is 3.28. The molecule has 0 aliphatic heterocycles. The van der Waals surface area contributed by atoms with Crippen LogP contribution in [0, 0.1) is 6.07 Å². The Labute approximate surface area is 121 Å². The minimum atomic E-state index is 0.404. The molecule has 0 fully saturated rings. The van der Waals surface area contributed by atoms with E-state index >= 15 is 0 Å². The van der Waals surface area contributed by atoms with Crippen LogP contribution in [0.25, 0.3) is 21.5 Å². The van der Waals surface area contributed by atoms with Crippen molar-refractivity contribution in [2.45, 2.75) is 0 Å². The number of hydrogen-bond acceptors (Lipinski definition) is 4. The molecule has 4 rings (SSSR count). The summed E-state index contributed by atoms with van der Waals surface area (Å²) in [4.78, 5) is 0. The zero-order chi connectivity index (χ0) is 14.1. The summed E-state index contributed by atoms with van der Waals surface area (Å²) in [7, 11) is 0. The first kappa shape index (κ1) is 11.8. The lowest BCUT2D eigenvalue weighted by Crippen LogP contribution is -1.91. The molecule has 1 radical (unpaired) electrons. The average molecular weight is 272 g/mol. The van der Waals surface area contributed by atoms with E-state index in [4.69, 9.17) is 4.74 Å². The quantitative estimate of drug-likeness (QED) is 0.521. The van der Waals surface area contributed by atoms with Gasteiger partial charge in [-0.3, -0.25) is 0 Å². The molecule has 0 bridgehead atoms. The normalized spacial score (nSPS) is 10.9. The van der Waals surface area contributed by atoms with Gasteiger partial charge in [-0.05, 0) is 45.0 Å². The average Bonchev–Trinajstić information content (AvgIpc) is 2.54. The molecule has 1 heterocycles. The third-order valence-electron chi connectivity index (χ3n) is 3.28. The van der Waals surface area contributed by atoms with Crippen LogP contribution in [-0.4, -0.2) is 15.4 Å². The van der Waals surface area contributed by atoms with Crippen molar-refractivity contribution in [2.24, 2.45) is 0 Å². The van der Waals surface area contributed by atoms with Gasteiger partial charge in [0.05, 0.1) is 6.20 Å². The number of nitrogens with zero attached hydrogens (tertiary/aromatic N) is 3. The molecule has 0 saturated heterocycles. The van der Waals surface area contributed by atoms with Crippen molar-refractivity contribution < 1.29 is 4.74 Å². The van der Waals surface area contributed by atoms with E-state index in [-0.39, 0.29) is 0 Å². The fourth-order valence-electron chi connectivity index (χ4n) is 2.30. The van der Waals surface area contributed by atoms with Gasteiger partial charge < -0.3 is 4.74 Å². The van der Waals surface area contributed by atoms with Gasteiger partial charge in [0.25, 0.3) is 0 Å². The van der Waals surface area contributed by atoms with Crippen molar-refractivity contribution in [1.82, 2.24) is 15.4 Å². The van der Waals surface area contributed by atoms with Crippen molar-refractivity contribution in [3.63, 3.8) is 0 Å². The van der Waals surface area contributed by atoms with Crippen LogP contribution in [0.15, 0.2) is 60.8 Å². The highest BCUT2D eigenvalue weighted by molar-refractivity contribution is 5.98. The van der Waals surface area contributed by atoms with E-state index in [1.165, 1.54) is 17.0 Å². The molecule has 21 heavy (non-hydrogen) atoms. The highest BCUT2D eigenvalue weighted by atomic mass is 16.5. The Balaban J connectivity index is 1.80. The molecule has 0 spiro atoms. The van der Waals surface area contributed by atoms with Crippen LogP contribution >= 0.6 is 0 Å². The predicted molar refractivity (Wildman–Crippen MR) is 80.2 cm³/mol. The Morgan fingerprint density at radius 1 is 0.857 bits per heavy atom. The molecule has 0 N–H and O–H groups in total. The number of aromatic nitrogens is 3. The fraction of sp³-hybridized carbons (Fsp3) is 0. The smallest absolute Gasteiger partial charge is 0.242 e. The second-order valence-electron chi connectivity index (χ2n) is 4.67. The van der Waals surface area contributed by atoms with Gasteiger partial charge >= 0.3 is 0 Å². The molecule has 0 atom stereocenters. The lowest BCUT2D eigenvalue weighted by molar-refractivity contribution is 0.450. The number of ether oxygens (including phenoxy) is 1. The maximum atomic E-state index is 5.63. The van der Waals surface area contributed by atoms with Crippen LogP contribution in [0.5, 0.6) is 11.6 Å². The summed E-state index contributed by atoms with van der Waals surface area (Å²) in [5.41, 5.74) is 0. The van der Waals surface area contributed by atoms with Crippen molar-refractivity contribution in [3.05, 3.63) is 66.9 Å². The fourth-order valence-corrected chi connectivity index (χ4v) is 2.30. The summed E-state index contributed by atoms with van der Waals surface area (Å²) in [5, 5.41) is 15.5. The topological polar surface area (TPSA) is 47.9 Å². The van der Waals surface area contributed by atoms with E-state index < -0.39 is 0 Å². The van der Waals surface area contributed by atoms with Gasteiger partial charge in [-0.1, -0.05) is 35.4 Å². The molecule has 0 unspecified atom stereocenters. The summed E-state index contributed by atoms with van der Waals surface area (Å²) in [5.74, 6) is 1.01. The predicted octanol–water partition coefficient (Wildman–Crippen LogP) is 3.77. The van der Waals surface area contributed by atoms with Crippen molar-refractivity contribution in [1.29, 1.82) is 0 Å². The molecule has 99 valence electrons. The maximum Gasteiger partial charge on any atom is 0.242 e. The van der Waals surface area contributed by atoms with Crippen molar-refractivity contribution in [3.8, 4) is 11.6 Å². The molecular formula is C17H10N3O. The first-order valence-corrected chi connectivity index (χ1v) is 6.55. The van der Waals surface area contributed by atoms with Crippen LogP contribution in [0.3, 0.4) is 0 Å². The Morgan fingerprint density at radius 3 is 2.52 bits per heavy atom. The summed E-state index contributed by atoms with van der Waals surface area (Å²) in [6.07, 6.45) is 1.54. The third kappa shape index (κ3) is 2.27. The van der Waals surface area contributed by atoms with Gasteiger partial charge in [-0.15, -0.1) is 5.10 Å². The molecule has 0 amide bonds. The number of benzene rings is 3. The van der Waals surface area contributed by atoms with Gasteiger partial charge in [0.1, 0.15) is 5.75 Å². The first-order valence-electron chi connectivity index (χ1n) is 6.55. The number of hydrogen-bond donors (Lipinski definition) is 0. The lowest BCUT2D eigenvalue weighted by atomic mass is 10.0. The molecular weight excluding hydrogens is 262 g/mol. The van der Waals surface area contributed by atoms with E-state index in [0.717, 1.165) is 10.8 Å². The second-order valence-corrected chi connectivity index (χ2v) is 4.67. The van der Waals surface area contributed by atoms with Crippen molar-refractivity contribution in [2.75, 3.05) is 0 Å². The lowest BCUT2D eigenvalue weighted by Gasteiger charge is -2.06. The molecule has 1 aromatic heterocycles. The van der Waals surface area contributed by atoms with Gasteiger partial charge in [-0.25, -0.2) is 0 Å². The summed E-state index contributed by atoms with van der Waals surface area (Å²) >= 11 is 0. The molecule has 0 aliphatic carbocycles. The minimum Gasteiger partial charge on any atom is -0.437 e. The Bertz CT molecular complexity index is 923. The Morgan fingerprint density at radius 2 is 1.71 bits per heavy atom. The van der Waals surface area contributed by atoms with Gasteiger partial charge in [-0.2, -0.15) is 0 Å². The standard InChI is InChI=1S/C17H10N3O/c1-2-4-13-10-15-11-16(21-17-7-8-18-20-19-17)6-5-14(15)9-12(13)3-1/h1-10H. The monoisotopic (exact) mass is 272 g/mol. The van der Waals surface area contributed by atoms with E-state index in [2.05, 4.69) is 45.7 Å². The summed E-state index contributed by atoms with van der Waals surface area (Å²) in [6, 6.07) is 21.3. The van der Waals surface area contributed by atoms with Gasteiger partial charge in [0.15, 0.2) is 0 Å². The van der Waals surface area contributed by atoms with E-state index in [0.29, 0.717) is 11.6 Å². The largest absolute Gasteiger partial charge is 0.437 e. The number of rotatable bonds is 2. The van der Waals surface area contributed by atoms with Crippen LogP contribution in [0.1, 0.15) is 0 Å². The summed E-state index contributed by atoms with van der Waals surface area (Å²) < 4.78 is 5.63. The van der Waals surface area contributed by atoms with E-state index in [1.807, 2.05) is 24.3 Å². The zero-order valence-electron chi connectivity index (χ0n) is 11.0. The molecule has 0 saturated carbocycles. The molecule has 3 aromatic carbocycles. The number of fused-ring (bicyclic) bond motifs is 2. The van der Waals surface area contributed by atoms with Crippen LogP contribution in [0.4, 0.5) is 0 Å². The first-order chi connectivity index (χ1) is 10.4. The molecule has 4 nitrogen and oxygen atoms in total. The molecule has 4 heteroatoms. The van der Waals surface area contributed by atoms with Gasteiger partial charge in [0.2, 0.25) is 5.88 Å². The zero-order valence-corrected chi connectivity index (χ0v) is 11.0. The SMILES string of the molecule is [c]1c(Oc2ccnnn2)ccc2cc3ccccc3cc12. The molecule has 4 aromatic rings. The van der Waals surface area contributed by atoms with E-state index in [9.17, 15) is 0 Å².